The van der Waals surface area contributed by atoms with Gasteiger partial charge in [-0.3, -0.25) is 0 Å². The van der Waals surface area contributed by atoms with E-state index in [2.05, 4.69) is 9.97 Å². The van der Waals surface area contributed by atoms with E-state index in [4.69, 9.17) is 15.6 Å². The minimum atomic E-state index is -1.20. The van der Waals surface area contributed by atoms with E-state index in [1.165, 1.54) is 6.20 Å². The van der Waals surface area contributed by atoms with Crippen LogP contribution in [0.1, 0.15) is 29.2 Å². The number of aromatic nitrogens is 2. The van der Waals surface area contributed by atoms with Crippen molar-refractivity contribution in [3.05, 3.63) is 59.7 Å². The lowest BCUT2D eigenvalue weighted by Crippen LogP contribution is -2.32. The zero-order valence-corrected chi connectivity index (χ0v) is 12.4. The Bertz CT molecular complexity index is 655. The molecule has 0 saturated carbocycles. The summed E-state index contributed by atoms with van der Waals surface area (Å²) in [4.78, 5) is 8.48. The van der Waals surface area contributed by atoms with Gasteiger partial charge >= 0.3 is 0 Å². The van der Waals surface area contributed by atoms with Gasteiger partial charge in [-0.25, -0.2) is 9.97 Å². The number of rotatable bonds is 4. The van der Waals surface area contributed by atoms with Crippen molar-refractivity contribution in [3.63, 3.8) is 0 Å². The Hall–Kier alpha value is -1.90. The molecule has 7 nitrogen and oxygen atoms in total. The molecule has 0 bridgehead atoms. The van der Waals surface area contributed by atoms with Gasteiger partial charge in [0.1, 0.15) is 24.4 Å². The largest absolute Gasteiger partial charge is 0.394 e. The first-order valence-electron chi connectivity index (χ1n) is 7.37. The predicted molar refractivity (Wildman–Crippen MR) is 81.2 cm³/mol. The third kappa shape index (κ3) is 3.10. The number of hydrogen-bond donors (Lipinski definition) is 4. The van der Waals surface area contributed by atoms with E-state index in [9.17, 15) is 10.2 Å². The molecule has 5 atom stereocenters. The molecular formula is C16H19N3O4. The fourth-order valence-corrected chi connectivity index (χ4v) is 2.64. The van der Waals surface area contributed by atoms with Gasteiger partial charge in [0.2, 0.25) is 0 Å². The van der Waals surface area contributed by atoms with Gasteiger partial charge in [-0.05, 0) is 11.6 Å². The summed E-state index contributed by atoms with van der Waals surface area (Å²) in [6.07, 6.45) is -2.60. The second-order valence-corrected chi connectivity index (χ2v) is 5.49. The Morgan fingerprint density at radius 2 is 1.87 bits per heavy atom. The van der Waals surface area contributed by atoms with Gasteiger partial charge in [-0.15, -0.1) is 0 Å². The first-order valence-corrected chi connectivity index (χ1v) is 7.37. The molecule has 7 heteroatoms. The van der Waals surface area contributed by atoms with E-state index < -0.39 is 37.1 Å². The fraction of sp³-hybridized carbons (Fsp3) is 0.375. The minimum absolute atomic E-state index is 0.233. The number of ether oxygens (including phenoxy) is 1. The maximum absolute atomic E-state index is 10.1. The first kappa shape index (κ1) is 16.0. The maximum atomic E-state index is 10.1. The van der Waals surface area contributed by atoms with E-state index in [0.29, 0.717) is 5.69 Å². The summed E-state index contributed by atoms with van der Waals surface area (Å²) in [5.41, 5.74) is 7.70. The molecule has 1 fully saturated rings. The summed E-state index contributed by atoms with van der Waals surface area (Å²) >= 11 is 0. The Morgan fingerprint density at radius 3 is 2.52 bits per heavy atom. The van der Waals surface area contributed by atoms with E-state index >= 15 is 0 Å². The zero-order valence-electron chi connectivity index (χ0n) is 12.4. The Morgan fingerprint density at radius 1 is 1.13 bits per heavy atom. The lowest BCUT2D eigenvalue weighted by Gasteiger charge is -2.16. The summed E-state index contributed by atoms with van der Waals surface area (Å²) in [5.74, 6) is 0.233. The van der Waals surface area contributed by atoms with Crippen molar-refractivity contribution >= 4 is 0 Å². The summed E-state index contributed by atoms with van der Waals surface area (Å²) < 4.78 is 5.45. The molecule has 1 saturated heterocycles. The van der Waals surface area contributed by atoms with Crippen LogP contribution in [-0.4, -0.2) is 50.2 Å². The van der Waals surface area contributed by atoms with Gasteiger partial charge in [0.15, 0.2) is 5.82 Å². The van der Waals surface area contributed by atoms with Crippen molar-refractivity contribution in [3.8, 4) is 0 Å². The predicted octanol–water partition coefficient (Wildman–Crippen LogP) is -0.321. The second-order valence-electron chi connectivity index (χ2n) is 5.49. The molecule has 23 heavy (non-hydrogen) atoms. The molecule has 1 aromatic heterocycles. The van der Waals surface area contributed by atoms with Crippen molar-refractivity contribution in [2.45, 2.75) is 30.5 Å². The van der Waals surface area contributed by atoms with Crippen LogP contribution in [0.2, 0.25) is 0 Å². The lowest BCUT2D eigenvalue weighted by molar-refractivity contribution is -0.0253. The van der Waals surface area contributed by atoms with Crippen molar-refractivity contribution in [2.75, 3.05) is 6.61 Å². The normalized spacial score (nSPS) is 28.7. The smallest absolute Gasteiger partial charge is 0.160 e. The van der Waals surface area contributed by atoms with E-state index in [-0.39, 0.29) is 5.82 Å². The van der Waals surface area contributed by atoms with E-state index in [1.807, 2.05) is 30.3 Å². The Balaban J connectivity index is 1.86. The molecule has 2 unspecified atom stereocenters. The van der Waals surface area contributed by atoms with Gasteiger partial charge in [-0.2, -0.15) is 0 Å². The topological polar surface area (TPSA) is 122 Å². The molecule has 2 heterocycles. The summed E-state index contributed by atoms with van der Waals surface area (Å²) in [6.45, 7) is -0.391. The highest BCUT2D eigenvalue weighted by atomic mass is 16.6. The highest BCUT2D eigenvalue weighted by molar-refractivity contribution is 5.27. The second kappa shape index (κ2) is 6.69. The molecule has 122 valence electrons. The van der Waals surface area contributed by atoms with E-state index in [0.717, 1.165) is 5.56 Å². The molecule has 1 aliphatic rings. The molecule has 1 aliphatic heterocycles. The van der Waals surface area contributed by atoms with Gasteiger partial charge in [0.05, 0.1) is 18.3 Å². The zero-order chi connectivity index (χ0) is 16.4. The fourth-order valence-electron chi connectivity index (χ4n) is 2.64. The Labute approximate surface area is 133 Å². The van der Waals surface area contributed by atoms with Crippen LogP contribution in [-0.2, 0) is 4.74 Å². The van der Waals surface area contributed by atoms with Crippen LogP contribution in [0, 0.1) is 0 Å². The van der Waals surface area contributed by atoms with Crippen molar-refractivity contribution in [1.29, 1.82) is 0 Å². The van der Waals surface area contributed by atoms with Gasteiger partial charge < -0.3 is 25.8 Å². The van der Waals surface area contributed by atoms with Crippen LogP contribution in [0.3, 0.4) is 0 Å². The average Bonchev–Trinajstić information content (AvgIpc) is 2.90. The quantitative estimate of drug-likeness (QED) is 0.609. The maximum Gasteiger partial charge on any atom is 0.160 e. The average molecular weight is 317 g/mol. The van der Waals surface area contributed by atoms with Crippen LogP contribution in [0.15, 0.2) is 42.6 Å². The van der Waals surface area contributed by atoms with Crippen LogP contribution >= 0.6 is 0 Å². The first-order chi connectivity index (χ1) is 11.1. The molecule has 0 amide bonds. The molecular weight excluding hydrogens is 298 g/mol. The molecule has 5 N–H and O–H groups in total. The molecule has 0 spiro atoms. The van der Waals surface area contributed by atoms with Crippen LogP contribution in [0.25, 0.3) is 0 Å². The van der Waals surface area contributed by atoms with Gasteiger partial charge in [0, 0.05) is 6.20 Å². The number of benzene rings is 1. The minimum Gasteiger partial charge on any atom is -0.394 e. The molecule has 0 radical (unpaired) electrons. The number of nitrogens with two attached hydrogens (primary N) is 1. The number of nitrogens with zero attached hydrogens (tertiary/aromatic N) is 2. The van der Waals surface area contributed by atoms with Gasteiger partial charge in [0.25, 0.3) is 0 Å². The molecule has 3 rings (SSSR count). The SMILES string of the molecule is NC(c1ccccc1)c1ccnc(C2O[C@H](CO)[C@@H](O)[C@H]2O)n1. The van der Waals surface area contributed by atoms with E-state index in [1.54, 1.807) is 6.07 Å². The summed E-state index contributed by atoms with van der Waals surface area (Å²) in [7, 11) is 0. The lowest BCUT2D eigenvalue weighted by atomic mass is 10.0. The van der Waals surface area contributed by atoms with Crippen molar-refractivity contribution in [2.24, 2.45) is 5.73 Å². The number of hydrogen-bond acceptors (Lipinski definition) is 7. The third-order valence-electron chi connectivity index (χ3n) is 3.97. The van der Waals surface area contributed by atoms with Crippen molar-refractivity contribution in [1.82, 2.24) is 9.97 Å². The number of aliphatic hydroxyl groups excluding tert-OH is 3. The molecule has 2 aromatic rings. The van der Waals surface area contributed by atoms with Gasteiger partial charge in [-0.1, -0.05) is 30.3 Å². The molecule has 1 aromatic carbocycles. The van der Waals surface area contributed by atoms with Crippen molar-refractivity contribution < 1.29 is 20.1 Å². The third-order valence-corrected chi connectivity index (χ3v) is 3.97. The highest BCUT2D eigenvalue weighted by Gasteiger charge is 2.44. The van der Waals surface area contributed by atoms with Crippen LogP contribution in [0.5, 0.6) is 0 Å². The standard InChI is InChI=1S/C16H19N3O4/c17-12(9-4-2-1-3-5-9)10-6-7-18-16(19-10)15-14(22)13(21)11(8-20)23-15/h1-7,11-15,20-22H,8,17H2/t11-,12?,13-,14-,15?/m1/s1. The van der Waals surface area contributed by atoms with Crippen LogP contribution in [0.4, 0.5) is 0 Å². The van der Waals surface area contributed by atoms with Crippen LogP contribution < -0.4 is 5.73 Å². The summed E-state index contributed by atoms with van der Waals surface area (Å²) in [5, 5.41) is 29.0. The Kier molecular flexibility index (Phi) is 4.65. The monoisotopic (exact) mass is 317 g/mol. The summed E-state index contributed by atoms with van der Waals surface area (Å²) in [6, 6.07) is 10.8. The molecule has 0 aliphatic carbocycles. The number of aliphatic hydroxyl groups is 3. The highest BCUT2D eigenvalue weighted by Crippen LogP contribution is 2.32.